The molecule has 0 spiro atoms. The van der Waals surface area contributed by atoms with Gasteiger partial charge in [-0.15, -0.1) is 0 Å². The third-order valence-electron chi connectivity index (χ3n) is 4.32. The maximum atomic E-state index is 11.5. The number of hydrogen-bond donors (Lipinski definition) is 1. The Kier molecular flexibility index (Phi) is 5.93. The number of likely N-dealkylation sites (N-methyl/N-ethyl adjacent to an activating group) is 1. The molecule has 23 heavy (non-hydrogen) atoms. The molecule has 0 bridgehead atoms. The van der Waals surface area contributed by atoms with Crippen LogP contribution in [-0.4, -0.2) is 60.5 Å². The highest BCUT2D eigenvalue weighted by molar-refractivity contribution is 5.77. The minimum Gasteiger partial charge on any atom is -0.358 e. The quantitative estimate of drug-likeness (QED) is 0.882. The van der Waals surface area contributed by atoms with Crippen LogP contribution in [0.15, 0.2) is 0 Å². The highest BCUT2D eigenvalue weighted by Crippen LogP contribution is 2.19. The van der Waals surface area contributed by atoms with Crippen LogP contribution in [0, 0.1) is 19.8 Å². The van der Waals surface area contributed by atoms with Crippen molar-refractivity contribution in [1.29, 1.82) is 0 Å². The molecule has 1 aromatic rings. The summed E-state index contributed by atoms with van der Waals surface area (Å²) < 4.78 is 0. The van der Waals surface area contributed by atoms with Crippen LogP contribution >= 0.6 is 0 Å². The molecule has 0 aromatic carbocycles. The molecule has 2 heterocycles. The maximum Gasteiger partial charge on any atom is 0.233 e. The van der Waals surface area contributed by atoms with E-state index in [1.54, 1.807) is 7.05 Å². The summed E-state index contributed by atoms with van der Waals surface area (Å²) >= 11 is 0. The van der Waals surface area contributed by atoms with E-state index < -0.39 is 0 Å². The fourth-order valence-corrected chi connectivity index (χ4v) is 2.95. The summed E-state index contributed by atoms with van der Waals surface area (Å²) in [4.78, 5) is 25.3. The van der Waals surface area contributed by atoms with Crippen molar-refractivity contribution in [2.45, 2.75) is 34.1 Å². The maximum absolute atomic E-state index is 11.5. The van der Waals surface area contributed by atoms with Crippen LogP contribution in [0.5, 0.6) is 0 Å². The Hall–Kier alpha value is -1.69. The number of amides is 1. The number of aryl methyl sites for hydroxylation is 2. The fraction of sp³-hybridized carbons (Fsp3) is 0.706. The predicted molar refractivity (Wildman–Crippen MR) is 92.8 cm³/mol. The van der Waals surface area contributed by atoms with E-state index in [0.29, 0.717) is 12.5 Å². The van der Waals surface area contributed by atoms with Crippen molar-refractivity contribution in [2.24, 2.45) is 5.92 Å². The van der Waals surface area contributed by atoms with Gasteiger partial charge in [0.2, 0.25) is 11.9 Å². The number of rotatable bonds is 5. The SMILES string of the molecule is CNC(=O)CN1CCN(c2nc(C)c(CC(C)C)c(C)n2)CC1. The topological polar surface area (TPSA) is 61.4 Å². The van der Waals surface area contributed by atoms with Gasteiger partial charge in [0.25, 0.3) is 0 Å². The molecular formula is C17H29N5O. The molecule has 2 rings (SSSR count). The van der Waals surface area contributed by atoms with Crippen molar-refractivity contribution in [3.63, 3.8) is 0 Å². The Balaban J connectivity index is 2.02. The smallest absolute Gasteiger partial charge is 0.233 e. The molecule has 1 fully saturated rings. The Morgan fingerprint density at radius 2 is 1.70 bits per heavy atom. The second-order valence-electron chi connectivity index (χ2n) is 6.71. The zero-order valence-electron chi connectivity index (χ0n) is 15.0. The molecule has 6 nitrogen and oxygen atoms in total. The number of anilines is 1. The van der Waals surface area contributed by atoms with Crippen LogP contribution in [0.1, 0.15) is 30.8 Å². The lowest BCUT2D eigenvalue weighted by atomic mass is 10.0. The molecule has 1 aliphatic rings. The van der Waals surface area contributed by atoms with E-state index in [-0.39, 0.29) is 5.91 Å². The van der Waals surface area contributed by atoms with Crippen molar-refractivity contribution in [3.05, 3.63) is 17.0 Å². The van der Waals surface area contributed by atoms with Crippen molar-refractivity contribution < 1.29 is 4.79 Å². The van der Waals surface area contributed by atoms with Gasteiger partial charge in [-0.2, -0.15) is 0 Å². The largest absolute Gasteiger partial charge is 0.358 e. The van der Waals surface area contributed by atoms with E-state index in [2.05, 4.69) is 42.8 Å². The lowest BCUT2D eigenvalue weighted by Crippen LogP contribution is -2.49. The lowest BCUT2D eigenvalue weighted by Gasteiger charge is -2.34. The summed E-state index contributed by atoms with van der Waals surface area (Å²) in [5, 5.41) is 2.67. The average molecular weight is 319 g/mol. The van der Waals surface area contributed by atoms with E-state index in [0.717, 1.165) is 49.9 Å². The number of nitrogens with one attached hydrogen (secondary N) is 1. The molecule has 0 unspecified atom stereocenters. The highest BCUT2D eigenvalue weighted by atomic mass is 16.1. The van der Waals surface area contributed by atoms with Crippen LogP contribution in [0.25, 0.3) is 0 Å². The van der Waals surface area contributed by atoms with E-state index in [1.165, 1.54) is 5.56 Å². The van der Waals surface area contributed by atoms with Crippen LogP contribution in [-0.2, 0) is 11.2 Å². The van der Waals surface area contributed by atoms with Crippen LogP contribution in [0.4, 0.5) is 5.95 Å². The van der Waals surface area contributed by atoms with E-state index >= 15 is 0 Å². The molecular weight excluding hydrogens is 290 g/mol. The summed E-state index contributed by atoms with van der Waals surface area (Å²) in [6, 6.07) is 0. The first-order valence-electron chi connectivity index (χ1n) is 8.42. The number of carbonyl (C=O) groups is 1. The Morgan fingerprint density at radius 1 is 1.13 bits per heavy atom. The third kappa shape index (κ3) is 4.64. The van der Waals surface area contributed by atoms with Crippen LogP contribution < -0.4 is 10.2 Å². The first kappa shape index (κ1) is 17.7. The molecule has 1 aliphatic heterocycles. The van der Waals surface area contributed by atoms with Crippen molar-refractivity contribution >= 4 is 11.9 Å². The van der Waals surface area contributed by atoms with Gasteiger partial charge in [0, 0.05) is 44.6 Å². The average Bonchev–Trinajstić information content (AvgIpc) is 2.51. The Bertz CT molecular complexity index is 527. The van der Waals surface area contributed by atoms with Crippen molar-refractivity contribution in [1.82, 2.24) is 20.2 Å². The fourth-order valence-electron chi connectivity index (χ4n) is 2.95. The first-order valence-corrected chi connectivity index (χ1v) is 8.42. The van der Waals surface area contributed by atoms with Gasteiger partial charge >= 0.3 is 0 Å². The van der Waals surface area contributed by atoms with Crippen molar-refractivity contribution in [3.8, 4) is 0 Å². The zero-order chi connectivity index (χ0) is 17.0. The standard InChI is InChI=1S/C17H29N5O/c1-12(2)10-15-13(3)19-17(20-14(15)4)22-8-6-21(7-9-22)11-16(23)18-5/h12H,6-11H2,1-5H3,(H,18,23). The number of piperazine rings is 1. The number of nitrogens with zero attached hydrogens (tertiary/aromatic N) is 4. The van der Waals surface area contributed by atoms with Gasteiger partial charge in [-0.3, -0.25) is 9.69 Å². The highest BCUT2D eigenvalue weighted by Gasteiger charge is 2.21. The van der Waals surface area contributed by atoms with Crippen LogP contribution in [0.3, 0.4) is 0 Å². The minimum atomic E-state index is 0.0689. The Morgan fingerprint density at radius 3 is 2.17 bits per heavy atom. The van der Waals surface area contributed by atoms with Gasteiger partial charge in [-0.05, 0) is 31.7 Å². The predicted octanol–water partition coefficient (Wildman–Crippen LogP) is 1.16. The molecule has 128 valence electrons. The molecule has 0 radical (unpaired) electrons. The summed E-state index contributed by atoms with van der Waals surface area (Å²) in [7, 11) is 1.68. The van der Waals surface area contributed by atoms with Gasteiger partial charge in [0.15, 0.2) is 0 Å². The van der Waals surface area contributed by atoms with E-state index in [4.69, 9.17) is 9.97 Å². The van der Waals surface area contributed by atoms with E-state index in [1.807, 2.05) is 0 Å². The molecule has 0 saturated carbocycles. The lowest BCUT2D eigenvalue weighted by molar-refractivity contribution is -0.121. The van der Waals surface area contributed by atoms with E-state index in [9.17, 15) is 4.79 Å². The molecule has 0 aliphatic carbocycles. The van der Waals surface area contributed by atoms with Crippen LogP contribution in [0.2, 0.25) is 0 Å². The molecule has 1 N–H and O–H groups in total. The second kappa shape index (κ2) is 7.73. The summed E-state index contributed by atoms with van der Waals surface area (Å²) in [6.45, 7) is 12.5. The van der Waals surface area contributed by atoms with Gasteiger partial charge < -0.3 is 10.2 Å². The molecule has 6 heteroatoms. The summed E-state index contributed by atoms with van der Waals surface area (Å²) in [5.41, 5.74) is 3.46. The molecule has 1 saturated heterocycles. The number of hydrogen-bond acceptors (Lipinski definition) is 5. The second-order valence-corrected chi connectivity index (χ2v) is 6.71. The molecule has 1 amide bonds. The summed E-state index contributed by atoms with van der Waals surface area (Å²) in [5.74, 6) is 1.50. The van der Waals surface area contributed by atoms with Gasteiger partial charge in [-0.1, -0.05) is 13.8 Å². The first-order chi connectivity index (χ1) is 10.9. The van der Waals surface area contributed by atoms with Gasteiger partial charge in [0.1, 0.15) is 0 Å². The normalized spacial score (nSPS) is 16.0. The monoisotopic (exact) mass is 319 g/mol. The summed E-state index contributed by atoms with van der Waals surface area (Å²) in [6.07, 6.45) is 1.03. The molecule has 0 atom stereocenters. The number of aromatic nitrogens is 2. The van der Waals surface area contributed by atoms with Gasteiger partial charge in [-0.25, -0.2) is 9.97 Å². The zero-order valence-corrected chi connectivity index (χ0v) is 15.0. The molecule has 1 aromatic heterocycles. The van der Waals surface area contributed by atoms with Crippen molar-refractivity contribution in [2.75, 3.05) is 44.7 Å². The van der Waals surface area contributed by atoms with Gasteiger partial charge in [0.05, 0.1) is 6.54 Å². The minimum absolute atomic E-state index is 0.0689. The third-order valence-corrected chi connectivity index (χ3v) is 4.32. The number of carbonyl (C=O) groups excluding carboxylic acids is 1. The Labute approximate surface area is 139 Å².